The zero-order chi connectivity index (χ0) is 22.0. The molecule has 0 bridgehead atoms. The van der Waals surface area contributed by atoms with Crippen LogP contribution in [0, 0.1) is 24.1 Å². The highest BCUT2D eigenvalue weighted by molar-refractivity contribution is 7.80. The van der Waals surface area contributed by atoms with Gasteiger partial charge in [-0.25, -0.2) is 9.37 Å². The minimum absolute atomic E-state index is 0.00988. The number of hydrogen-bond acceptors (Lipinski definition) is 6. The quantitative estimate of drug-likeness (QED) is 0.465. The highest BCUT2D eigenvalue weighted by atomic mass is 32.1. The zero-order valence-corrected chi connectivity index (χ0v) is 17.0. The standard InChI is InChI=1S/C22H14FN5O2S/c1-12-9-14(21-27-19-18(30-21)3-2-8-25-19)5-7-17(12)26-22(31)28-20(29)15-6-4-13(11-24)10-16(15)23/h2-10H,1H3,(H2,26,28,29,31). The normalized spacial score (nSPS) is 10.5. The molecular formula is C22H14FN5O2S. The number of hydrogen-bond donors (Lipinski definition) is 2. The number of oxazole rings is 1. The lowest BCUT2D eigenvalue weighted by Gasteiger charge is -2.12. The van der Waals surface area contributed by atoms with Crippen LogP contribution in [0.5, 0.6) is 0 Å². The number of aryl methyl sites for hydroxylation is 1. The lowest BCUT2D eigenvalue weighted by molar-refractivity contribution is 0.0974. The van der Waals surface area contributed by atoms with E-state index >= 15 is 0 Å². The third-order valence-corrected chi connectivity index (χ3v) is 4.66. The van der Waals surface area contributed by atoms with E-state index in [2.05, 4.69) is 20.6 Å². The maximum atomic E-state index is 14.0. The molecule has 2 N–H and O–H groups in total. The number of fused-ring (bicyclic) bond motifs is 1. The molecule has 0 aliphatic carbocycles. The molecule has 4 rings (SSSR count). The van der Waals surface area contributed by atoms with Crippen LogP contribution >= 0.6 is 12.2 Å². The molecule has 0 unspecified atom stereocenters. The number of carbonyl (C=O) groups excluding carboxylic acids is 1. The molecule has 9 heteroatoms. The van der Waals surface area contributed by atoms with E-state index < -0.39 is 11.7 Å². The summed E-state index contributed by atoms with van der Waals surface area (Å²) in [5.74, 6) is -1.07. The van der Waals surface area contributed by atoms with Crippen molar-refractivity contribution in [1.82, 2.24) is 15.3 Å². The highest BCUT2D eigenvalue weighted by Crippen LogP contribution is 2.26. The number of nitrogens with one attached hydrogen (secondary N) is 2. The molecule has 0 aliphatic rings. The van der Waals surface area contributed by atoms with Gasteiger partial charge in [0.15, 0.2) is 16.3 Å². The Balaban J connectivity index is 1.47. The Bertz CT molecular complexity index is 1340. The molecule has 0 atom stereocenters. The van der Waals surface area contributed by atoms with Crippen molar-refractivity contribution < 1.29 is 13.6 Å². The molecule has 2 aromatic heterocycles. The van der Waals surface area contributed by atoms with Crippen molar-refractivity contribution in [2.75, 3.05) is 5.32 Å². The fourth-order valence-corrected chi connectivity index (χ4v) is 3.12. The molecule has 1 amide bonds. The van der Waals surface area contributed by atoms with Gasteiger partial charge in [0.25, 0.3) is 5.91 Å². The van der Waals surface area contributed by atoms with Crippen LogP contribution in [0.15, 0.2) is 59.1 Å². The third kappa shape index (κ3) is 4.24. The second-order valence-corrected chi connectivity index (χ2v) is 7.00. The predicted molar refractivity (Wildman–Crippen MR) is 117 cm³/mol. The molecule has 0 saturated heterocycles. The maximum absolute atomic E-state index is 14.0. The number of nitrogens with zero attached hydrogens (tertiary/aromatic N) is 3. The predicted octanol–water partition coefficient (Wildman–Crippen LogP) is 4.34. The van der Waals surface area contributed by atoms with E-state index in [0.29, 0.717) is 22.8 Å². The summed E-state index contributed by atoms with van der Waals surface area (Å²) in [6.45, 7) is 1.86. The van der Waals surface area contributed by atoms with Crippen LogP contribution in [0.2, 0.25) is 0 Å². The number of nitriles is 1. The Labute approximate surface area is 181 Å². The summed E-state index contributed by atoms with van der Waals surface area (Å²) in [5.41, 5.74) is 3.28. The number of aromatic nitrogens is 2. The summed E-state index contributed by atoms with van der Waals surface area (Å²) >= 11 is 5.18. The van der Waals surface area contributed by atoms with Crippen LogP contribution in [0.25, 0.3) is 22.7 Å². The molecule has 2 aromatic carbocycles. The summed E-state index contributed by atoms with van der Waals surface area (Å²) in [6, 6.07) is 14.4. The molecule has 0 spiro atoms. The van der Waals surface area contributed by atoms with E-state index in [1.54, 1.807) is 30.5 Å². The Hall–Kier alpha value is -4.16. The van der Waals surface area contributed by atoms with Crippen LogP contribution < -0.4 is 10.6 Å². The second-order valence-electron chi connectivity index (χ2n) is 6.59. The van der Waals surface area contributed by atoms with Crippen LogP contribution in [0.1, 0.15) is 21.5 Å². The number of halogens is 1. The number of anilines is 1. The summed E-state index contributed by atoms with van der Waals surface area (Å²) in [7, 11) is 0. The first kappa shape index (κ1) is 20.1. The first-order valence-electron chi connectivity index (χ1n) is 9.09. The summed E-state index contributed by atoms with van der Waals surface area (Å²) in [6.07, 6.45) is 1.64. The molecular weight excluding hydrogens is 417 g/mol. The Morgan fingerprint density at radius 1 is 1.23 bits per heavy atom. The molecule has 2 heterocycles. The van der Waals surface area contributed by atoms with Crippen LogP contribution in [0.4, 0.5) is 10.1 Å². The van der Waals surface area contributed by atoms with Gasteiger partial charge in [-0.2, -0.15) is 10.2 Å². The van der Waals surface area contributed by atoms with E-state index in [9.17, 15) is 9.18 Å². The topological polar surface area (TPSA) is 104 Å². The fraction of sp³-hybridized carbons (Fsp3) is 0.0455. The SMILES string of the molecule is Cc1cc(-c2nc3ncccc3o2)ccc1NC(=S)NC(=O)c1ccc(C#N)cc1F. The summed E-state index contributed by atoms with van der Waals surface area (Å²) in [5, 5.41) is 14.2. The fourth-order valence-electron chi connectivity index (χ4n) is 2.92. The molecule has 7 nitrogen and oxygen atoms in total. The van der Waals surface area contributed by atoms with E-state index in [-0.39, 0.29) is 16.2 Å². The summed E-state index contributed by atoms with van der Waals surface area (Å²) in [4.78, 5) is 20.8. The number of thiocarbonyl (C=S) groups is 1. The Morgan fingerprint density at radius 3 is 2.77 bits per heavy atom. The van der Waals surface area contributed by atoms with Crippen LogP contribution in [-0.4, -0.2) is 21.0 Å². The lowest BCUT2D eigenvalue weighted by Crippen LogP contribution is -2.34. The zero-order valence-electron chi connectivity index (χ0n) is 16.1. The number of amides is 1. The van der Waals surface area contributed by atoms with Crippen molar-refractivity contribution in [3.05, 3.63) is 77.2 Å². The van der Waals surface area contributed by atoms with Gasteiger partial charge in [-0.15, -0.1) is 0 Å². The third-order valence-electron chi connectivity index (χ3n) is 4.46. The van der Waals surface area contributed by atoms with Crippen LogP contribution in [-0.2, 0) is 0 Å². The van der Waals surface area contributed by atoms with Crippen molar-refractivity contribution >= 4 is 40.2 Å². The van der Waals surface area contributed by atoms with Crippen molar-refractivity contribution in [1.29, 1.82) is 5.26 Å². The minimum atomic E-state index is -0.798. The van der Waals surface area contributed by atoms with Crippen molar-refractivity contribution in [2.24, 2.45) is 0 Å². The second kappa shape index (κ2) is 8.30. The Morgan fingerprint density at radius 2 is 2.06 bits per heavy atom. The average molecular weight is 431 g/mol. The highest BCUT2D eigenvalue weighted by Gasteiger charge is 2.15. The smallest absolute Gasteiger partial charge is 0.260 e. The molecule has 0 radical (unpaired) electrons. The van der Waals surface area contributed by atoms with Crippen LogP contribution in [0.3, 0.4) is 0 Å². The number of rotatable bonds is 3. The summed E-state index contributed by atoms with van der Waals surface area (Å²) < 4.78 is 19.7. The lowest BCUT2D eigenvalue weighted by atomic mass is 10.1. The number of pyridine rings is 1. The van der Waals surface area contributed by atoms with Gasteiger partial charge in [-0.1, -0.05) is 0 Å². The average Bonchev–Trinajstić information content (AvgIpc) is 3.19. The molecule has 152 valence electrons. The first-order valence-corrected chi connectivity index (χ1v) is 9.50. The van der Waals surface area contributed by atoms with E-state index in [0.717, 1.165) is 17.2 Å². The number of carbonyl (C=O) groups is 1. The minimum Gasteiger partial charge on any atom is -0.434 e. The monoisotopic (exact) mass is 431 g/mol. The van der Waals surface area contributed by atoms with Crippen molar-refractivity contribution in [3.8, 4) is 17.5 Å². The van der Waals surface area contributed by atoms with Gasteiger partial charge in [0.1, 0.15) is 5.82 Å². The van der Waals surface area contributed by atoms with Gasteiger partial charge in [0, 0.05) is 17.4 Å². The molecule has 31 heavy (non-hydrogen) atoms. The molecule has 0 saturated carbocycles. The molecule has 4 aromatic rings. The molecule has 0 aliphatic heterocycles. The van der Waals surface area contributed by atoms with E-state index in [1.165, 1.54) is 12.1 Å². The number of benzene rings is 2. The van der Waals surface area contributed by atoms with Gasteiger partial charge in [0.05, 0.1) is 17.2 Å². The largest absolute Gasteiger partial charge is 0.434 e. The van der Waals surface area contributed by atoms with E-state index in [4.69, 9.17) is 21.9 Å². The van der Waals surface area contributed by atoms with Crippen molar-refractivity contribution in [2.45, 2.75) is 6.92 Å². The maximum Gasteiger partial charge on any atom is 0.260 e. The molecule has 0 fully saturated rings. The van der Waals surface area contributed by atoms with E-state index in [1.807, 2.05) is 19.1 Å². The van der Waals surface area contributed by atoms with Gasteiger partial charge in [-0.3, -0.25) is 10.1 Å². The van der Waals surface area contributed by atoms with Gasteiger partial charge in [0.2, 0.25) is 5.89 Å². The van der Waals surface area contributed by atoms with Gasteiger partial charge in [-0.05, 0) is 73.2 Å². The van der Waals surface area contributed by atoms with Gasteiger partial charge >= 0.3 is 0 Å². The first-order chi connectivity index (χ1) is 14.9. The van der Waals surface area contributed by atoms with Gasteiger partial charge < -0.3 is 9.73 Å². The Kier molecular flexibility index (Phi) is 5.39. The van der Waals surface area contributed by atoms with Crippen molar-refractivity contribution in [3.63, 3.8) is 0 Å².